The molecule has 0 aliphatic heterocycles. The van der Waals surface area contributed by atoms with Crippen molar-refractivity contribution in [3.8, 4) is 0 Å². The molecule has 0 spiro atoms. The topological polar surface area (TPSA) is 72.2 Å². The van der Waals surface area contributed by atoms with E-state index in [1.165, 1.54) is 0 Å². The predicted octanol–water partition coefficient (Wildman–Crippen LogP) is 0.440. The molecule has 0 aliphatic rings. The molecule has 3 N–H and O–H groups in total. The summed E-state index contributed by atoms with van der Waals surface area (Å²) in [4.78, 5) is 11.8. The van der Waals surface area contributed by atoms with Crippen LogP contribution in [0.1, 0.15) is 12.5 Å². The molecule has 0 saturated heterocycles. The highest BCUT2D eigenvalue weighted by molar-refractivity contribution is 7.84. The molecule has 5 heteroatoms. The number of amides is 1. The Morgan fingerprint density at radius 3 is 2.56 bits per heavy atom. The molecule has 0 heterocycles. The highest BCUT2D eigenvalue weighted by Crippen LogP contribution is 2.02. The molecule has 18 heavy (non-hydrogen) atoms. The first kappa shape index (κ1) is 14.9. The molecule has 1 amide bonds. The Bertz CT molecular complexity index is 409. The summed E-state index contributed by atoms with van der Waals surface area (Å²) in [6, 6.07) is 8.96. The average molecular weight is 268 g/mol. The monoisotopic (exact) mass is 268 g/mol. The Hall–Kier alpha value is -1.20. The van der Waals surface area contributed by atoms with Gasteiger partial charge < -0.3 is 11.1 Å². The molecule has 100 valence electrons. The number of carbonyl (C=O) groups is 1. The van der Waals surface area contributed by atoms with E-state index < -0.39 is 16.8 Å². The van der Waals surface area contributed by atoms with E-state index in [4.69, 9.17) is 5.73 Å². The number of rotatable bonds is 6. The van der Waals surface area contributed by atoms with Gasteiger partial charge in [-0.2, -0.15) is 0 Å². The first-order chi connectivity index (χ1) is 8.49. The molecular weight excluding hydrogens is 248 g/mol. The van der Waals surface area contributed by atoms with Gasteiger partial charge in [0.05, 0.1) is 6.04 Å². The Morgan fingerprint density at radius 1 is 1.39 bits per heavy atom. The summed E-state index contributed by atoms with van der Waals surface area (Å²) in [5, 5.41) is 2.77. The van der Waals surface area contributed by atoms with Crippen LogP contribution in [-0.4, -0.2) is 34.2 Å². The van der Waals surface area contributed by atoms with Crippen molar-refractivity contribution in [2.24, 2.45) is 5.73 Å². The minimum absolute atomic E-state index is 0.120. The molecule has 0 aromatic heterocycles. The van der Waals surface area contributed by atoms with Gasteiger partial charge in [0.2, 0.25) is 5.91 Å². The SMILES string of the molecule is CC(CS(C)=O)NC(=O)[C@H](N)Cc1ccccc1. The molecule has 0 saturated carbocycles. The standard InChI is InChI=1S/C13H20N2O2S/c1-10(9-18(2)17)15-13(16)12(14)8-11-6-4-3-5-7-11/h3-7,10,12H,8-9,14H2,1-2H3,(H,15,16)/t10?,12-,18?/m1/s1. The fraction of sp³-hybridized carbons (Fsp3) is 0.462. The largest absolute Gasteiger partial charge is 0.351 e. The van der Waals surface area contributed by atoms with Crippen LogP contribution in [0.2, 0.25) is 0 Å². The van der Waals surface area contributed by atoms with E-state index in [-0.39, 0.29) is 11.9 Å². The van der Waals surface area contributed by atoms with Gasteiger partial charge in [0.15, 0.2) is 0 Å². The minimum atomic E-state index is -0.919. The molecule has 1 aromatic carbocycles. The maximum absolute atomic E-state index is 11.8. The van der Waals surface area contributed by atoms with Crippen LogP contribution in [0.4, 0.5) is 0 Å². The fourth-order valence-electron chi connectivity index (χ4n) is 1.70. The van der Waals surface area contributed by atoms with Gasteiger partial charge in [0.25, 0.3) is 0 Å². The number of nitrogens with two attached hydrogens (primary N) is 1. The van der Waals surface area contributed by atoms with Crippen LogP contribution in [0.25, 0.3) is 0 Å². The molecular formula is C13H20N2O2S. The van der Waals surface area contributed by atoms with Gasteiger partial charge in [-0.05, 0) is 18.9 Å². The van der Waals surface area contributed by atoms with Crippen molar-refractivity contribution in [2.45, 2.75) is 25.4 Å². The second kappa shape index (κ2) is 7.28. The number of nitrogens with one attached hydrogen (secondary N) is 1. The fourth-order valence-corrected chi connectivity index (χ4v) is 2.49. The van der Waals surface area contributed by atoms with Gasteiger partial charge in [0, 0.05) is 28.9 Å². The summed E-state index contributed by atoms with van der Waals surface area (Å²) < 4.78 is 11.0. The number of benzene rings is 1. The van der Waals surface area contributed by atoms with Crippen molar-refractivity contribution in [3.63, 3.8) is 0 Å². The van der Waals surface area contributed by atoms with Crippen molar-refractivity contribution in [1.29, 1.82) is 0 Å². The minimum Gasteiger partial charge on any atom is -0.351 e. The first-order valence-corrected chi connectivity index (χ1v) is 7.61. The smallest absolute Gasteiger partial charge is 0.237 e. The third-order valence-electron chi connectivity index (χ3n) is 2.51. The van der Waals surface area contributed by atoms with E-state index in [2.05, 4.69) is 5.32 Å². The van der Waals surface area contributed by atoms with Crippen LogP contribution in [0.5, 0.6) is 0 Å². The average Bonchev–Trinajstić information content (AvgIpc) is 2.28. The Kier molecular flexibility index (Phi) is 6.01. The lowest BCUT2D eigenvalue weighted by Gasteiger charge is -2.16. The van der Waals surface area contributed by atoms with Gasteiger partial charge >= 0.3 is 0 Å². The quantitative estimate of drug-likeness (QED) is 0.786. The van der Waals surface area contributed by atoms with Gasteiger partial charge in [-0.1, -0.05) is 30.3 Å². The number of carbonyl (C=O) groups excluding carboxylic acids is 1. The zero-order valence-corrected chi connectivity index (χ0v) is 11.6. The Labute approximate surface area is 110 Å². The van der Waals surface area contributed by atoms with Gasteiger partial charge in [-0.15, -0.1) is 0 Å². The summed E-state index contributed by atoms with van der Waals surface area (Å²) >= 11 is 0. The number of hydrogen-bond donors (Lipinski definition) is 2. The molecule has 0 fully saturated rings. The molecule has 1 rings (SSSR count). The lowest BCUT2D eigenvalue weighted by Crippen LogP contribution is -2.46. The Morgan fingerprint density at radius 2 is 2.00 bits per heavy atom. The highest BCUT2D eigenvalue weighted by atomic mass is 32.2. The molecule has 0 radical (unpaired) electrons. The lowest BCUT2D eigenvalue weighted by atomic mass is 10.1. The number of hydrogen-bond acceptors (Lipinski definition) is 3. The normalized spacial score (nSPS) is 15.7. The van der Waals surface area contributed by atoms with E-state index >= 15 is 0 Å². The molecule has 2 unspecified atom stereocenters. The summed E-state index contributed by atoms with van der Waals surface area (Å²) in [5.41, 5.74) is 6.87. The van der Waals surface area contributed by atoms with Gasteiger partial charge in [-0.25, -0.2) is 0 Å². The van der Waals surface area contributed by atoms with E-state index in [0.29, 0.717) is 12.2 Å². The molecule has 0 bridgehead atoms. The van der Waals surface area contributed by atoms with E-state index in [1.807, 2.05) is 37.3 Å². The van der Waals surface area contributed by atoms with Gasteiger partial charge in [0.1, 0.15) is 0 Å². The van der Waals surface area contributed by atoms with Crippen LogP contribution in [-0.2, 0) is 22.0 Å². The van der Waals surface area contributed by atoms with Crippen LogP contribution in [0.3, 0.4) is 0 Å². The summed E-state index contributed by atoms with van der Waals surface area (Å²) in [7, 11) is -0.919. The third-order valence-corrected chi connectivity index (χ3v) is 3.48. The van der Waals surface area contributed by atoms with E-state index in [1.54, 1.807) is 6.26 Å². The van der Waals surface area contributed by atoms with Crippen molar-refractivity contribution < 1.29 is 9.00 Å². The summed E-state index contributed by atoms with van der Waals surface area (Å²) in [6.07, 6.45) is 2.13. The van der Waals surface area contributed by atoms with Crippen LogP contribution in [0.15, 0.2) is 30.3 Å². The van der Waals surface area contributed by atoms with Crippen LogP contribution < -0.4 is 11.1 Å². The predicted molar refractivity (Wildman–Crippen MR) is 74.7 cm³/mol. The van der Waals surface area contributed by atoms with E-state index in [9.17, 15) is 9.00 Å². The maximum Gasteiger partial charge on any atom is 0.237 e. The zero-order chi connectivity index (χ0) is 13.5. The molecule has 0 aliphatic carbocycles. The second-order valence-electron chi connectivity index (χ2n) is 4.45. The summed E-state index contributed by atoms with van der Waals surface area (Å²) in [6.45, 7) is 1.83. The Balaban J connectivity index is 2.44. The maximum atomic E-state index is 11.8. The van der Waals surface area contributed by atoms with Crippen molar-refractivity contribution in [1.82, 2.24) is 5.32 Å². The van der Waals surface area contributed by atoms with Gasteiger partial charge in [-0.3, -0.25) is 9.00 Å². The van der Waals surface area contributed by atoms with Crippen LogP contribution in [0, 0.1) is 0 Å². The lowest BCUT2D eigenvalue weighted by molar-refractivity contribution is -0.122. The third kappa shape index (κ3) is 5.42. The first-order valence-electron chi connectivity index (χ1n) is 5.89. The van der Waals surface area contributed by atoms with Crippen LogP contribution >= 0.6 is 0 Å². The summed E-state index contributed by atoms with van der Waals surface area (Å²) in [5.74, 6) is 0.251. The highest BCUT2D eigenvalue weighted by Gasteiger charge is 2.16. The van der Waals surface area contributed by atoms with Crippen molar-refractivity contribution in [3.05, 3.63) is 35.9 Å². The molecule has 1 aromatic rings. The van der Waals surface area contributed by atoms with Crippen molar-refractivity contribution in [2.75, 3.05) is 12.0 Å². The second-order valence-corrected chi connectivity index (χ2v) is 5.93. The molecule has 3 atom stereocenters. The van der Waals surface area contributed by atoms with E-state index in [0.717, 1.165) is 5.56 Å². The molecule has 4 nitrogen and oxygen atoms in total. The zero-order valence-electron chi connectivity index (χ0n) is 10.8. The van der Waals surface area contributed by atoms with Crippen molar-refractivity contribution >= 4 is 16.7 Å².